The van der Waals surface area contributed by atoms with Gasteiger partial charge in [0.25, 0.3) is 11.8 Å². The van der Waals surface area contributed by atoms with Gasteiger partial charge in [-0.05, 0) is 73.2 Å². The number of anilines is 1. The van der Waals surface area contributed by atoms with Gasteiger partial charge in [0.2, 0.25) is 0 Å². The lowest BCUT2D eigenvalue weighted by molar-refractivity contribution is -0.122. The van der Waals surface area contributed by atoms with Crippen LogP contribution in [-0.4, -0.2) is 16.9 Å². The number of carbonyl (C=O) groups is 2. The number of hydrogen-bond acceptors (Lipinski definition) is 4. The molecule has 2 heterocycles. The van der Waals surface area contributed by atoms with Crippen molar-refractivity contribution in [2.24, 2.45) is 0 Å². The van der Waals surface area contributed by atoms with Gasteiger partial charge in [-0.2, -0.15) is 0 Å². The first kappa shape index (κ1) is 20.7. The number of nitrogens with zero attached hydrogens (tertiary/aromatic N) is 1. The van der Waals surface area contributed by atoms with Crippen molar-refractivity contribution in [2.75, 3.05) is 4.90 Å². The van der Waals surface area contributed by atoms with Crippen molar-refractivity contribution < 1.29 is 14.0 Å². The lowest BCUT2D eigenvalue weighted by Crippen LogP contribution is -2.54. The van der Waals surface area contributed by atoms with Crippen LogP contribution >= 0.6 is 44.1 Å². The molecule has 150 valence electrons. The molecule has 5 nitrogen and oxygen atoms in total. The molecule has 0 aliphatic carbocycles. The molecule has 8 heteroatoms. The van der Waals surface area contributed by atoms with Crippen LogP contribution in [0.15, 0.2) is 73.5 Å². The third-order valence-electron chi connectivity index (χ3n) is 4.54. The number of thiocarbonyl (C=S) groups is 1. The summed E-state index contributed by atoms with van der Waals surface area (Å²) < 4.78 is 7.68. The van der Waals surface area contributed by atoms with Gasteiger partial charge in [-0.25, -0.2) is 0 Å². The predicted molar refractivity (Wildman–Crippen MR) is 127 cm³/mol. The lowest BCUT2D eigenvalue weighted by Gasteiger charge is -2.29. The van der Waals surface area contributed by atoms with Gasteiger partial charge < -0.3 is 4.42 Å². The first-order valence-electron chi connectivity index (χ1n) is 8.87. The summed E-state index contributed by atoms with van der Waals surface area (Å²) in [5, 5.41) is 2.63. The summed E-state index contributed by atoms with van der Waals surface area (Å²) in [6.07, 6.45) is 1.43. The molecule has 3 aromatic rings. The SMILES string of the molecule is Cc1cc(Br)ccc1N1C(=O)/C(=C\c2ccc(-c3ccc(Br)cc3)o2)C(=O)NC1=S. The van der Waals surface area contributed by atoms with Gasteiger partial charge in [-0.3, -0.25) is 19.8 Å². The summed E-state index contributed by atoms with van der Waals surface area (Å²) in [6, 6.07) is 16.6. The minimum atomic E-state index is -0.558. The highest BCUT2D eigenvalue weighted by atomic mass is 79.9. The second-order valence-corrected chi connectivity index (χ2v) is 8.82. The molecule has 2 aromatic carbocycles. The minimum absolute atomic E-state index is 0.0440. The zero-order valence-electron chi connectivity index (χ0n) is 15.6. The van der Waals surface area contributed by atoms with Gasteiger partial charge >= 0.3 is 0 Å². The van der Waals surface area contributed by atoms with Gasteiger partial charge in [0.1, 0.15) is 17.1 Å². The van der Waals surface area contributed by atoms with Crippen LogP contribution in [0.5, 0.6) is 0 Å². The van der Waals surface area contributed by atoms with Gasteiger partial charge in [0, 0.05) is 14.5 Å². The Bertz CT molecular complexity index is 1220. The number of benzene rings is 2. The fraction of sp³-hybridized carbons (Fsp3) is 0.0455. The second kappa shape index (κ2) is 8.29. The summed E-state index contributed by atoms with van der Waals surface area (Å²) in [5.74, 6) is -0.0331. The smallest absolute Gasteiger partial charge is 0.270 e. The predicted octanol–water partition coefficient (Wildman–Crippen LogP) is 5.61. The summed E-state index contributed by atoms with van der Waals surface area (Å²) in [7, 11) is 0. The average Bonchev–Trinajstić information content (AvgIpc) is 3.16. The maximum Gasteiger partial charge on any atom is 0.270 e. The largest absolute Gasteiger partial charge is 0.457 e. The molecule has 0 unspecified atom stereocenters. The molecule has 0 spiro atoms. The fourth-order valence-corrected chi connectivity index (χ4v) is 4.10. The average molecular weight is 546 g/mol. The molecule has 0 atom stereocenters. The van der Waals surface area contributed by atoms with Crippen molar-refractivity contribution in [3.05, 3.63) is 80.4 Å². The highest BCUT2D eigenvalue weighted by molar-refractivity contribution is 9.10. The van der Waals surface area contributed by atoms with E-state index >= 15 is 0 Å². The molecule has 2 amide bonds. The Labute approximate surface area is 195 Å². The van der Waals surface area contributed by atoms with Crippen LogP contribution in [0, 0.1) is 6.92 Å². The number of hydrogen-bond donors (Lipinski definition) is 1. The Hall–Kier alpha value is -2.55. The Morgan fingerprint density at radius 1 is 1.00 bits per heavy atom. The van der Waals surface area contributed by atoms with E-state index in [2.05, 4.69) is 37.2 Å². The molecule has 1 aliphatic heterocycles. The van der Waals surface area contributed by atoms with E-state index in [4.69, 9.17) is 16.6 Å². The maximum atomic E-state index is 13.2. The molecular formula is C22H14Br2N2O3S. The molecule has 1 aromatic heterocycles. The molecule has 4 rings (SSSR count). The van der Waals surface area contributed by atoms with Crippen LogP contribution in [0.25, 0.3) is 17.4 Å². The molecular weight excluding hydrogens is 532 g/mol. The van der Waals surface area contributed by atoms with Gasteiger partial charge in [-0.1, -0.05) is 44.0 Å². The number of nitrogens with one attached hydrogen (secondary N) is 1. The summed E-state index contributed by atoms with van der Waals surface area (Å²) in [4.78, 5) is 27.0. The van der Waals surface area contributed by atoms with Gasteiger partial charge in [0.15, 0.2) is 5.11 Å². The first-order chi connectivity index (χ1) is 14.3. The van der Waals surface area contributed by atoms with E-state index in [0.717, 1.165) is 20.1 Å². The second-order valence-electron chi connectivity index (χ2n) is 6.60. The van der Waals surface area contributed by atoms with Crippen LogP contribution in [0.3, 0.4) is 0 Å². The minimum Gasteiger partial charge on any atom is -0.457 e. The van der Waals surface area contributed by atoms with E-state index in [0.29, 0.717) is 17.2 Å². The zero-order valence-corrected chi connectivity index (χ0v) is 19.6. The van der Waals surface area contributed by atoms with E-state index < -0.39 is 11.8 Å². The number of furan rings is 1. The van der Waals surface area contributed by atoms with E-state index in [1.165, 1.54) is 11.0 Å². The van der Waals surface area contributed by atoms with Crippen molar-refractivity contribution in [2.45, 2.75) is 6.92 Å². The monoisotopic (exact) mass is 544 g/mol. The lowest BCUT2D eigenvalue weighted by atomic mass is 10.1. The Balaban J connectivity index is 1.68. The standard InChI is InChI=1S/C22H14Br2N2O3S/c1-12-10-15(24)6-8-18(12)26-21(28)17(20(27)25-22(26)30)11-16-7-9-19(29-16)13-2-4-14(23)5-3-13/h2-11H,1H3,(H,25,27,30)/b17-11-. The van der Waals surface area contributed by atoms with Crippen LogP contribution in [0.4, 0.5) is 5.69 Å². The van der Waals surface area contributed by atoms with E-state index in [1.807, 2.05) is 43.3 Å². The Morgan fingerprint density at radius 2 is 1.70 bits per heavy atom. The van der Waals surface area contributed by atoms with Crippen LogP contribution in [-0.2, 0) is 9.59 Å². The van der Waals surface area contributed by atoms with Crippen molar-refractivity contribution in [1.82, 2.24) is 5.32 Å². The Morgan fingerprint density at radius 3 is 2.40 bits per heavy atom. The molecule has 1 N–H and O–H groups in total. The quantitative estimate of drug-likeness (QED) is 0.264. The maximum absolute atomic E-state index is 13.2. The van der Waals surface area contributed by atoms with Crippen LogP contribution < -0.4 is 10.2 Å². The summed E-state index contributed by atoms with van der Waals surface area (Å²) in [5.41, 5.74) is 2.28. The topological polar surface area (TPSA) is 62.6 Å². The molecule has 30 heavy (non-hydrogen) atoms. The molecule has 1 aliphatic rings. The Kier molecular flexibility index (Phi) is 5.73. The number of carbonyl (C=O) groups excluding carboxylic acids is 2. The van der Waals surface area contributed by atoms with E-state index in [9.17, 15) is 9.59 Å². The molecule has 0 radical (unpaired) electrons. The number of halogens is 2. The summed E-state index contributed by atoms with van der Waals surface area (Å²) in [6.45, 7) is 1.87. The highest BCUT2D eigenvalue weighted by Crippen LogP contribution is 2.29. The van der Waals surface area contributed by atoms with Crippen molar-refractivity contribution in [1.29, 1.82) is 0 Å². The third kappa shape index (κ3) is 4.03. The van der Waals surface area contributed by atoms with Crippen LogP contribution in [0.1, 0.15) is 11.3 Å². The van der Waals surface area contributed by atoms with E-state index in [1.54, 1.807) is 18.2 Å². The summed E-state index contributed by atoms with van der Waals surface area (Å²) >= 11 is 12.1. The number of rotatable bonds is 3. The van der Waals surface area contributed by atoms with Crippen molar-refractivity contribution >= 4 is 72.8 Å². The molecule has 1 saturated heterocycles. The number of amides is 2. The normalized spacial score (nSPS) is 15.6. The zero-order chi connectivity index (χ0) is 21.4. The molecule has 0 saturated carbocycles. The van der Waals surface area contributed by atoms with Crippen molar-refractivity contribution in [3.8, 4) is 11.3 Å². The molecule has 0 bridgehead atoms. The van der Waals surface area contributed by atoms with E-state index in [-0.39, 0.29) is 10.7 Å². The molecule has 1 fully saturated rings. The van der Waals surface area contributed by atoms with Gasteiger partial charge in [-0.15, -0.1) is 0 Å². The van der Waals surface area contributed by atoms with Crippen molar-refractivity contribution in [3.63, 3.8) is 0 Å². The third-order valence-corrected chi connectivity index (χ3v) is 5.85. The number of aryl methyl sites for hydroxylation is 1. The fourth-order valence-electron chi connectivity index (χ4n) is 3.09. The van der Waals surface area contributed by atoms with Crippen LogP contribution in [0.2, 0.25) is 0 Å². The first-order valence-corrected chi connectivity index (χ1v) is 10.9. The highest BCUT2D eigenvalue weighted by Gasteiger charge is 2.35. The van der Waals surface area contributed by atoms with Gasteiger partial charge in [0.05, 0.1) is 5.69 Å².